The van der Waals surface area contributed by atoms with Crippen LogP contribution < -0.4 is 4.90 Å². The van der Waals surface area contributed by atoms with Gasteiger partial charge in [0.2, 0.25) is 0 Å². The van der Waals surface area contributed by atoms with Gasteiger partial charge in [-0.25, -0.2) is 4.79 Å². The van der Waals surface area contributed by atoms with Crippen molar-refractivity contribution in [2.45, 2.75) is 13.1 Å². The van der Waals surface area contributed by atoms with E-state index in [-0.39, 0.29) is 5.56 Å². The van der Waals surface area contributed by atoms with Gasteiger partial charge in [0.25, 0.3) is 0 Å². The van der Waals surface area contributed by atoms with Gasteiger partial charge in [0.1, 0.15) is 0 Å². The first kappa shape index (κ1) is 19.6. The first-order valence-corrected chi connectivity index (χ1v) is 9.12. The summed E-state index contributed by atoms with van der Waals surface area (Å²) in [6.07, 6.45) is -2.94. The maximum Gasteiger partial charge on any atom is 0.416 e. The number of halogens is 3. The van der Waals surface area contributed by atoms with E-state index >= 15 is 0 Å². The highest BCUT2D eigenvalue weighted by molar-refractivity contribution is 5.96. The third-order valence-electron chi connectivity index (χ3n) is 4.86. The van der Waals surface area contributed by atoms with Gasteiger partial charge in [0, 0.05) is 16.8 Å². The van der Waals surface area contributed by atoms with Crippen molar-refractivity contribution in [1.29, 1.82) is 0 Å². The van der Waals surface area contributed by atoms with Crippen LogP contribution in [0.2, 0.25) is 0 Å². The fourth-order valence-corrected chi connectivity index (χ4v) is 3.35. The average molecular weight is 407 g/mol. The number of carbonyl (C=O) groups is 1. The Morgan fingerprint density at radius 3 is 2.40 bits per heavy atom. The van der Waals surface area contributed by atoms with Gasteiger partial charge in [-0.2, -0.15) is 13.2 Å². The van der Waals surface area contributed by atoms with Crippen molar-refractivity contribution >= 4 is 29.1 Å². The maximum atomic E-state index is 13.2. The smallest absolute Gasteiger partial charge is 0.416 e. The zero-order chi connectivity index (χ0) is 21.5. The summed E-state index contributed by atoms with van der Waals surface area (Å²) < 4.78 is 39.5. The Bertz CT molecular complexity index is 1200. The largest absolute Gasteiger partial charge is 0.478 e. The lowest BCUT2D eigenvalue weighted by molar-refractivity contribution is -0.137. The van der Waals surface area contributed by atoms with Crippen molar-refractivity contribution in [3.63, 3.8) is 0 Å². The van der Waals surface area contributed by atoms with Crippen LogP contribution in [-0.2, 0) is 6.18 Å². The van der Waals surface area contributed by atoms with Gasteiger partial charge in [-0.05, 0) is 49.4 Å². The molecule has 0 atom stereocenters. The molecule has 3 aromatic rings. The number of aryl methyl sites for hydroxylation is 1. The monoisotopic (exact) mass is 407 g/mol. The first-order valence-electron chi connectivity index (χ1n) is 9.12. The van der Waals surface area contributed by atoms with Crippen LogP contribution in [0.3, 0.4) is 0 Å². The lowest BCUT2D eigenvalue weighted by Gasteiger charge is -2.31. The Kier molecular flexibility index (Phi) is 4.72. The molecule has 0 radical (unpaired) electrons. The molecular formula is C24H16F3NO2. The zero-order valence-electron chi connectivity index (χ0n) is 15.9. The maximum absolute atomic E-state index is 13.2. The Morgan fingerprint density at radius 2 is 1.73 bits per heavy atom. The number of hydrogen-bond acceptors (Lipinski definition) is 2. The molecule has 1 heterocycles. The second kappa shape index (κ2) is 7.25. The first-order chi connectivity index (χ1) is 14.2. The molecule has 3 nitrogen and oxygen atoms in total. The van der Waals surface area contributed by atoms with Crippen LogP contribution in [0.15, 0.2) is 72.5 Å². The molecule has 0 saturated carbocycles. The van der Waals surface area contributed by atoms with Gasteiger partial charge < -0.3 is 10.0 Å². The molecule has 1 aliphatic rings. The topological polar surface area (TPSA) is 40.5 Å². The summed E-state index contributed by atoms with van der Waals surface area (Å²) in [5, 5.41) is 9.37. The van der Waals surface area contributed by atoms with Gasteiger partial charge in [0.15, 0.2) is 0 Å². The summed E-state index contributed by atoms with van der Waals surface area (Å²) in [5.41, 5.74) is 6.29. The lowest BCUT2D eigenvalue weighted by atomic mass is 9.99. The van der Waals surface area contributed by atoms with Crippen molar-refractivity contribution in [2.75, 3.05) is 4.90 Å². The van der Waals surface area contributed by atoms with E-state index in [2.05, 4.69) is 5.73 Å². The predicted octanol–water partition coefficient (Wildman–Crippen LogP) is 6.52. The second-order valence-electron chi connectivity index (χ2n) is 6.97. The van der Waals surface area contributed by atoms with E-state index in [0.717, 1.165) is 23.3 Å². The van der Waals surface area contributed by atoms with Crippen molar-refractivity contribution in [3.8, 4) is 0 Å². The zero-order valence-corrected chi connectivity index (χ0v) is 15.9. The number of anilines is 2. The number of alkyl halides is 3. The summed E-state index contributed by atoms with van der Waals surface area (Å²) in [5.74, 6) is -1.09. The van der Waals surface area contributed by atoms with Gasteiger partial charge in [-0.15, -0.1) is 0 Å². The van der Waals surface area contributed by atoms with Gasteiger partial charge >= 0.3 is 12.1 Å². The van der Waals surface area contributed by atoms with E-state index in [1.807, 2.05) is 31.2 Å². The Hall–Kier alpha value is -3.76. The molecule has 1 aliphatic heterocycles. The number of nitrogens with zero attached hydrogens (tertiary/aromatic N) is 1. The van der Waals surface area contributed by atoms with Crippen molar-refractivity contribution < 1.29 is 23.1 Å². The normalized spacial score (nSPS) is 13.1. The second-order valence-corrected chi connectivity index (χ2v) is 6.97. The molecule has 0 saturated heterocycles. The van der Waals surface area contributed by atoms with Crippen molar-refractivity contribution in [3.05, 3.63) is 100 Å². The minimum Gasteiger partial charge on any atom is -0.478 e. The highest BCUT2D eigenvalue weighted by Gasteiger charge is 2.32. The summed E-state index contributed by atoms with van der Waals surface area (Å²) in [6.45, 7) is 1.96. The molecule has 4 rings (SSSR count). The van der Waals surface area contributed by atoms with Crippen LogP contribution in [0.1, 0.15) is 32.6 Å². The molecule has 150 valence electrons. The quantitative estimate of drug-likeness (QED) is 0.503. The van der Waals surface area contributed by atoms with Gasteiger partial charge in [0.05, 0.1) is 22.5 Å². The molecule has 0 fully saturated rings. The summed E-state index contributed by atoms with van der Waals surface area (Å²) >= 11 is 0. The Morgan fingerprint density at radius 1 is 1.00 bits per heavy atom. The standard InChI is InChI=1S/C24H16F3NO2/c1-15-5-7-16(8-6-15)21-11-9-17-13-19(24(25,26)27)10-12-22(17)28(21)20-4-2-3-18(14-20)23(29)30/h2-10,12-14H,1H3,(H,29,30). The summed E-state index contributed by atoms with van der Waals surface area (Å²) in [6, 6.07) is 17.4. The molecule has 0 aromatic heterocycles. The third kappa shape index (κ3) is 3.61. The van der Waals surface area contributed by atoms with E-state index < -0.39 is 17.7 Å². The lowest BCUT2D eigenvalue weighted by Crippen LogP contribution is -2.19. The Labute approximate surface area is 171 Å². The van der Waals surface area contributed by atoms with Crippen LogP contribution in [0.25, 0.3) is 11.8 Å². The van der Waals surface area contributed by atoms with E-state index in [9.17, 15) is 23.1 Å². The Balaban J connectivity index is 1.94. The number of carboxylic acids is 1. The number of fused-ring (bicyclic) bond motifs is 1. The number of rotatable bonds is 3. The van der Waals surface area contributed by atoms with Gasteiger partial charge in [-0.1, -0.05) is 41.6 Å². The van der Waals surface area contributed by atoms with E-state index in [1.54, 1.807) is 17.0 Å². The minimum absolute atomic E-state index is 0.0822. The molecular weight excluding hydrogens is 391 g/mol. The van der Waals surface area contributed by atoms with E-state index in [1.165, 1.54) is 24.3 Å². The van der Waals surface area contributed by atoms with Gasteiger partial charge in [-0.3, -0.25) is 0 Å². The van der Waals surface area contributed by atoms with Crippen LogP contribution in [0.5, 0.6) is 0 Å². The SMILES string of the molecule is Cc1ccc(C2=C=Cc3cc(C(F)(F)F)ccc3N2c2cccc(C(=O)O)c2)cc1. The fraction of sp³-hybridized carbons (Fsp3) is 0.0833. The minimum atomic E-state index is -4.46. The predicted molar refractivity (Wildman–Crippen MR) is 110 cm³/mol. The van der Waals surface area contributed by atoms with Crippen molar-refractivity contribution in [1.82, 2.24) is 0 Å². The molecule has 6 heteroatoms. The number of aromatic carboxylic acids is 1. The molecule has 0 unspecified atom stereocenters. The molecule has 30 heavy (non-hydrogen) atoms. The van der Waals surface area contributed by atoms with E-state index in [4.69, 9.17) is 0 Å². The van der Waals surface area contributed by atoms with Crippen LogP contribution in [-0.4, -0.2) is 11.1 Å². The van der Waals surface area contributed by atoms with E-state index in [0.29, 0.717) is 22.6 Å². The molecule has 0 aliphatic carbocycles. The molecule has 3 aromatic carbocycles. The average Bonchev–Trinajstić information content (AvgIpc) is 2.72. The highest BCUT2D eigenvalue weighted by Crippen LogP contribution is 2.42. The molecule has 0 amide bonds. The number of benzene rings is 3. The molecule has 0 spiro atoms. The highest BCUT2D eigenvalue weighted by atomic mass is 19.4. The molecule has 0 bridgehead atoms. The fourth-order valence-electron chi connectivity index (χ4n) is 3.35. The summed E-state index contributed by atoms with van der Waals surface area (Å²) in [7, 11) is 0. The molecule has 1 N–H and O–H groups in total. The van der Waals surface area contributed by atoms with Crippen LogP contribution in [0.4, 0.5) is 24.5 Å². The number of hydrogen-bond donors (Lipinski definition) is 1. The summed E-state index contributed by atoms with van der Waals surface area (Å²) in [4.78, 5) is 13.2. The van der Waals surface area contributed by atoms with Crippen LogP contribution in [0, 0.1) is 6.92 Å². The third-order valence-corrected chi connectivity index (χ3v) is 4.86. The van der Waals surface area contributed by atoms with Crippen LogP contribution >= 0.6 is 0 Å². The number of carboxylic acid groups (broad SMARTS) is 1. The van der Waals surface area contributed by atoms with Crippen molar-refractivity contribution in [2.24, 2.45) is 0 Å².